The van der Waals surface area contributed by atoms with Crippen LogP contribution in [-0.4, -0.2) is 28.0 Å². The first-order chi connectivity index (χ1) is 14.4. The van der Waals surface area contributed by atoms with Crippen molar-refractivity contribution in [3.8, 4) is 17.0 Å². The van der Waals surface area contributed by atoms with Gasteiger partial charge in [0.15, 0.2) is 5.13 Å². The number of aromatic nitrogens is 3. The zero-order valence-electron chi connectivity index (χ0n) is 17.5. The normalized spacial score (nSPS) is 11.0. The van der Waals surface area contributed by atoms with E-state index in [4.69, 9.17) is 4.74 Å². The molecule has 4 aromatic rings. The van der Waals surface area contributed by atoms with Gasteiger partial charge in [0.25, 0.3) is 5.91 Å². The molecule has 152 valence electrons. The Morgan fingerprint density at radius 2 is 1.67 bits per heavy atom. The zero-order valence-corrected chi connectivity index (χ0v) is 18.3. The van der Waals surface area contributed by atoms with Crippen molar-refractivity contribution in [2.45, 2.75) is 27.7 Å². The molecule has 0 saturated carbocycles. The third-order valence-electron chi connectivity index (χ3n) is 5.02. The first kappa shape index (κ1) is 20.0. The third kappa shape index (κ3) is 3.76. The van der Waals surface area contributed by atoms with Crippen LogP contribution in [0.3, 0.4) is 0 Å². The number of ether oxygens (including phenoxy) is 1. The fourth-order valence-corrected chi connectivity index (χ4v) is 4.12. The molecule has 0 unspecified atom stereocenters. The molecule has 6 nitrogen and oxygen atoms in total. The first-order valence-corrected chi connectivity index (χ1v) is 10.4. The van der Waals surface area contributed by atoms with Crippen LogP contribution in [0.25, 0.3) is 22.3 Å². The molecule has 4 rings (SSSR count). The fraction of sp³-hybridized carbons (Fsp3) is 0.217. The number of amides is 1. The second-order valence-electron chi connectivity index (χ2n) is 7.16. The molecule has 0 saturated heterocycles. The molecule has 0 fully saturated rings. The monoisotopic (exact) mass is 418 g/mol. The summed E-state index contributed by atoms with van der Waals surface area (Å²) in [5.74, 6) is 0.619. The smallest absolute Gasteiger partial charge is 0.257 e. The highest BCUT2D eigenvalue weighted by molar-refractivity contribution is 7.16. The summed E-state index contributed by atoms with van der Waals surface area (Å²) in [6.07, 6.45) is 0. The lowest BCUT2D eigenvalue weighted by atomic mass is 10.1. The molecule has 0 aliphatic rings. The van der Waals surface area contributed by atoms with Crippen molar-refractivity contribution in [2.24, 2.45) is 0 Å². The number of nitrogens with zero attached hydrogens (tertiary/aromatic N) is 3. The molecule has 0 aliphatic carbocycles. The molecule has 2 aromatic carbocycles. The number of methoxy groups -OCH3 is 1. The summed E-state index contributed by atoms with van der Waals surface area (Å²) >= 11 is 1.45. The van der Waals surface area contributed by atoms with Gasteiger partial charge >= 0.3 is 0 Å². The lowest BCUT2D eigenvalue weighted by Gasteiger charge is -2.06. The maximum atomic E-state index is 12.8. The molecule has 1 amide bonds. The van der Waals surface area contributed by atoms with Crippen molar-refractivity contribution >= 4 is 33.4 Å². The van der Waals surface area contributed by atoms with Crippen molar-refractivity contribution in [3.05, 3.63) is 63.8 Å². The Morgan fingerprint density at radius 1 is 0.933 bits per heavy atom. The number of hydrogen-bond acceptors (Lipinski definition) is 6. The highest BCUT2D eigenvalue weighted by atomic mass is 32.1. The number of fused-ring (bicyclic) bond motifs is 1. The number of benzene rings is 2. The van der Waals surface area contributed by atoms with Gasteiger partial charge < -0.3 is 4.74 Å². The number of carbonyl (C=O) groups excluding carboxylic acids is 1. The van der Waals surface area contributed by atoms with Crippen LogP contribution in [0.2, 0.25) is 0 Å². The molecule has 2 heterocycles. The number of aryl methyl sites for hydroxylation is 4. The van der Waals surface area contributed by atoms with E-state index in [9.17, 15) is 4.79 Å². The largest absolute Gasteiger partial charge is 0.496 e. The molecule has 2 aromatic heterocycles. The van der Waals surface area contributed by atoms with Gasteiger partial charge in [0.1, 0.15) is 5.75 Å². The van der Waals surface area contributed by atoms with Crippen LogP contribution in [0.4, 0.5) is 5.13 Å². The highest BCUT2D eigenvalue weighted by Crippen LogP contribution is 2.33. The SMILES string of the molecule is COc1ccc(-c2nc(NC(=O)c3ccc4nc(C)c(C)nc4c3)sc2C)cc1C. The van der Waals surface area contributed by atoms with E-state index < -0.39 is 0 Å². The average Bonchev–Trinajstić information content (AvgIpc) is 3.08. The maximum Gasteiger partial charge on any atom is 0.257 e. The van der Waals surface area contributed by atoms with Gasteiger partial charge in [-0.25, -0.2) is 15.0 Å². The number of hydrogen-bond donors (Lipinski definition) is 1. The summed E-state index contributed by atoms with van der Waals surface area (Å²) in [6, 6.07) is 11.3. The molecule has 7 heteroatoms. The Hall–Kier alpha value is -3.32. The maximum absolute atomic E-state index is 12.8. The molecule has 0 atom stereocenters. The average molecular weight is 419 g/mol. The van der Waals surface area contributed by atoms with E-state index in [0.717, 1.165) is 44.4 Å². The Bertz CT molecular complexity index is 1280. The van der Waals surface area contributed by atoms with E-state index in [1.807, 2.05) is 52.0 Å². The van der Waals surface area contributed by atoms with Crippen molar-refractivity contribution in [3.63, 3.8) is 0 Å². The van der Waals surface area contributed by atoms with Gasteiger partial charge in [-0.2, -0.15) is 0 Å². The van der Waals surface area contributed by atoms with Gasteiger partial charge in [0.2, 0.25) is 0 Å². The number of rotatable bonds is 4. The highest BCUT2D eigenvalue weighted by Gasteiger charge is 2.15. The lowest BCUT2D eigenvalue weighted by molar-refractivity contribution is 0.102. The molecule has 30 heavy (non-hydrogen) atoms. The number of anilines is 1. The van der Waals surface area contributed by atoms with Crippen molar-refractivity contribution in [1.29, 1.82) is 0 Å². The molecule has 0 bridgehead atoms. The Balaban J connectivity index is 1.60. The lowest BCUT2D eigenvalue weighted by Crippen LogP contribution is -2.11. The fourth-order valence-electron chi connectivity index (χ4n) is 3.28. The zero-order chi connectivity index (χ0) is 21.4. The molecular formula is C23H22N4O2S. The summed E-state index contributed by atoms with van der Waals surface area (Å²) in [7, 11) is 1.66. The van der Waals surface area contributed by atoms with Gasteiger partial charge in [-0.3, -0.25) is 10.1 Å². The molecule has 0 aliphatic heterocycles. The number of thiazole rings is 1. The van der Waals surface area contributed by atoms with Crippen LogP contribution in [0, 0.1) is 27.7 Å². The second kappa shape index (κ2) is 7.84. The quantitative estimate of drug-likeness (QED) is 0.490. The summed E-state index contributed by atoms with van der Waals surface area (Å²) in [4.78, 5) is 27.5. The van der Waals surface area contributed by atoms with Crippen molar-refractivity contribution < 1.29 is 9.53 Å². The van der Waals surface area contributed by atoms with Crippen LogP contribution in [0.1, 0.15) is 32.2 Å². The predicted octanol–water partition coefficient (Wildman–Crippen LogP) is 5.25. The third-order valence-corrected chi connectivity index (χ3v) is 5.91. The van der Waals surface area contributed by atoms with E-state index >= 15 is 0 Å². The Labute approximate surface area is 179 Å². The summed E-state index contributed by atoms with van der Waals surface area (Å²) < 4.78 is 5.33. The molecule has 0 radical (unpaired) electrons. The van der Waals surface area contributed by atoms with E-state index in [-0.39, 0.29) is 5.91 Å². The van der Waals surface area contributed by atoms with Gasteiger partial charge in [0, 0.05) is 16.0 Å². The molecule has 0 spiro atoms. The number of carbonyl (C=O) groups is 1. The van der Waals surface area contributed by atoms with E-state index in [1.165, 1.54) is 11.3 Å². The predicted molar refractivity (Wildman–Crippen MR) is 121 cm³/mol. The standard InChI is InChI=1S/C23H22N4O2S/c1-12-10-16(7-9-20(12)29-5)21-15(4)30-23(26-21)27-22(28)17-6-8-18-19(11-17)25-14(3)13(2)24-18/h6-11H,1-5H3,(H,26,27,28). The van der Waals surface area contributed by atoms with E-state index in [0.29, 0.717) is 16.2 Å². The molecule has 1 N–H and O–H groups in total. The van der Waals surface area contributed by atoms with Crippen LogP contribution in [-0.2, 0) is 0 Å². The van der Waals surface area contributed by atoms with Crippen molar-refractivity contribution in [1.82, 2.24) is 15.0 Å². The minimum Gasteiger partial charge on any atom is -0.496 e. The second-order valence-corrected chi connectivity index (χ2v) is 8.36. The van der Waals surface area contributed by atoms with Gasteiger partial charge in [-0.15, -0.1) is 11.3 Å². The minimum absolute atomic E-state index is 0.219. The van der Waals surface area contributed by atoms with Crippen LogP contribution >= 0.6 is 11.3 Å². The summed E-state index contributed by atoms with van der Waals surface area (Å²) in [5.41, 5.74) is 6.64. The van der Waals surface area contributed by atoms with Crippen LogP contribution in [0.5, 0.6) is 5.75 Å². The van der Waals surface area contributed by atoms with Crippen LogP contribution in [0.15, 0.2) is 36.4 Å². The van der Waals surface area contributed by atoms with E-state index in [2.05, 4.69) is 20.3 Å². The number of nitrogens with one attached hydrogen (secondary N) is 1. The Kier molecular flexibility index (Phi) is 5.22. The van der Waals surface area contributed by atoms with Gasteiger partial charge in [0.05, 0.1) is 35.2 Å². The summed E-state index contributed by atoms with van der Waals surface area (Å²) in [5, 5.41) is 3.47. The van der Waals surface area contributed by atoms with Gasteiger partial charge in [-0.1, -0.05) is 0 Å². The minimum atomic E-state index is -0.219. The topological polar surface area (TPSA) is 77.0 Å². The Morgan fingerprint density at radius 3 is 2.37 bits per heavy atom. The van der Waals surface area contributed by atoms with Gasteiger partial charge in [-0.05, 0) is 69.7 Å². The van der Waals surface area contributed by atoms with Crippen LogP contribution < -0.4 is 10.1 Å². The van der Waals surface area contributed by atoms with Crippen molar-refractivity contribution in [2.75, 3.05) is 12.4 Å². The van der Waals surface area contributed by atoms with E-state index in [1.54, 1.807) is 19.2 Å². The summed E-state index contributed by atoms with van der Waals surface area (Å²) in [6.45, 7) is 7.84. The first-order valence-electron chi connectivity index (χ1n) is 9.54. The molecular weight excluding hydrogens is 396 g/mol.